The Hall–Kier alpha value is -0.261. The van der Waals surface area contributed by atoms with Crippen molar-refractivity contribution >= 4 is 33.9 Å². The maximum atomic E-state index is 11.9. The molecule has 0 fully saturated rings. The Balaban J connectivity index is 4.04. The first-order chi connectivity index (χ1) is 10.1. The van der Waals surface area contributed by atoms with Crippen molar-refractivity contribution in [2.45, 2.75) is 79.1 Å². The molecule has 0 bridgehead atoms. The Kier molecular flexibility index (Phi) is 13.2. The molecule has 0 heterocycles. The first kappa shape index (κ1) is 20.7. The number of unbranched alkanes of at least 4 members (excludes halogenated alkanes) is 2. The number of carbonyl (C=O) groups is 2. The third-order valence-electron chi connectivity index (χ3n) is 3.75. The van der Waals surface area contributed by atoms with Gasteiger partial charge in [0, 0.05) is 0 Å². The van der Waals surface area contributed by atoms with Gasteiger partial charge in [-0.25, -0.2) is 0 Å². The molecule has 0 spiro atoms. The molecule has 21 heavy (non-hydrogen) atoms. The molecular formula is C16H30O4Sn. The number of hydrogen-bond donors (Lipinski definition) is 0. The normalized spacial score (nSPS) is 13.5. The van der Waals surface area contributed by atoms with Crippen LogP contribution in [0.25, 0.3) is 0 Å². The molecule has 0 saturated carbocycles. The molecule has 2 radical (unpaired) electrons. The van der Waals surface area contributed by atoms with Crippen LogP contribution in [0.2, 0.25) is 0 Å². The van der Waals surface area contributed by atoms with Crippen LogP contribution >= 0.6 is 0 Å². The van der Waals surface area contributed by atoms with Gasteiger partial charge in [0.1, 0.15) is 0 Å². The Labute approximate surface area is 140 Å². The van der Waals surface area contributed by atoms with E-state index in [1.807, 2.05) is 13.8 Å². The molecule has 0 aliphatic heterocycles. The summed E-state index contributed by atoms with van der Waals surface area (Å²) < 4.78 is 10.5. The first-order valence-corrected chi connectivity index (χ1v) is 10.6. The fraction of sp³-hybridized carbons (Fsp3) is 0.875. The summed E-state index contributed by atoms with van der Waals surface area (Å²) in [6.07, 6.45) is 7.55. The van der Waals surface area contributed by atoms with E-state index in [1.54, 1.807) is 0 Å². The Morgan fingerprint density at radius 3 is 1.48 bits per heavy atom. The minimum absolute atomic E-state index is 0.0355. The van der Waals surface area contributed by atoms with Crippen molar-refractivity contribution in [1.29, 1.82) is 0 Å². The van der Waals surface area contributed by atoms with Gasteiger partial charge < -0.3 is 0 Å². The summed E-state index contributed by atoms with van der Waals surface area (Å²) in [5.74, 6) is -0.419. The Bertz CT molecular complexity index is 266. The van der Waals surface area contributed by atoms with Crippen molar-refractivity contribution in [1.82, 2.24) is 0 Å². The van der Waals surface area contributed by atoms with Gasteiger partial charge >= 0.3 is 141 Å². The average Bonchev–Trinajstić information content (AvgIpc) is 2.48. The van der Waals surface area contributed by atoms with E-state index in [0.29, 0.717) is 0 Å². The minimum atomic E-state index is -1.82. The summed E-state index contributed by atoms with van der Waals surface area (Å²) in [5.41, 5.74) is 0. The predicted molar refractivity (Wildman–Crippen MR) is 84.6 cm³/mol. The second kappa shape index (κ2) is 13.4. The fourth-order valence-corrected chi connectivity index (χ4v) is 3.69. The van der Waals surface area contributed by atoms with Gasteiger partial charge in [0.2, 0.25) is 0 Å². The van der Waals surface area contributed by atoms with E-state index in [0.717, 1.165) is 51.4 Å². The number of carbonyl (C=O) groups excluding carboxylic acids is 2. The van der Waals surface area contributed by atoms with Gasteiger partial charge in [0.25, 0.3) is 0 Å². The van der Waals surface area contributed by atoms with E-state index >= 15 is 0 Å². The Morgan fingerprint density at radius 1 is 0.810 bits per heavy atom. The molecule has 2 atom stereocenters. The van der Waals surface area contributed by atoms with Crippen LogP contribution in [0.3, 0.4) is 0 Å². The van der Waals surface area contributed by atoms with Crippen LogP contribution < -0.4 is 0 Å². The van der Waals surface area contributed by atoms with E-state index in [2.05, 4.69) is 13.8 Å². The molecular weight excluding hydrogens is 375 g/mol. The SMILES string of the molecule is CCCC[C@H](CC)C(=O)[O][Sn][O]C(=O)[C@@H](CC)CCCC. The van der Waals surface area contributed by atoms with Crippen LogP contribution in [0.15, 0.2) is 0 Å². The van der Waals surface area contributed by atoms with Gasteiger partial charge in [-0.15, -0.1) is 0 Å². The molecule has 0 unspecified atom stereocenters. The monoisotopic (exact) mass is 406 g/mol. The van der Waals surface area contributed by atoms with Crippen molar-refractivity contribution in [2.75, 3.05) is 0 Å². The molecule has 0 rings (SSSR count). The summed E-state index contributed by atoms with van der Waals surface area (Å²) in [5, 5.41) is 0. The van der Waals surface area contributed by atoms with Crippen molar-refractivity contribution < 1.29 is 15.7 Å². The molecule has 0 aromatic carbocycles. The molecule has 0 aliphatic rings. The van der Waals surface area contributed by atoms with Crippen molar-refractivity contribution in [3.05, 3.63) is 0 Å². The van der Waals surface area contributed by atoms with Crippen molar-refractivity contribution in [2.24, 2.45) is 11.8 Å². The second-order valence-electron chi connectivity index (χ2n) is 5.42. The van der Waals surface area contributed by atoms with Crippen LogP contribution in [0, 0.1) is 11.8 Å². The summed E-state index contributed by atoms with van der Waals surface area (Å²) >= 11 is -1.82. The van der Waals surface area contributed by atoms with E-state index < -0.39 is 22.0 Å². The van der Waals surface area contributed by atoms with Gasteiger partial charge in [-0.05, 0) is 0 Å². The zero-order chi connectivity index (χ0) is 16.1. The predicted octanol–water partition coefficient (Wildman–Crippen LogP) is 4.04. The van der Waals surface area contributed by atoms with Gasteiger partial charge in [0.15, 0.2) is 0 Å². The molecule has 122 valence electrons. The molecule has 0 saturated heterocycles. The zero-order valence-corrected chi connectivity index (χ0v) is 16.8. The van der Waals surface area contributed by atoms with E-state index in [1.165, 1.54) is 0 Å². The quantitative estimate of drug-likeness (QED) is 0.460. The second-order valence-corrected chi connectivity index (χ2v) is 7.06. The average molecular weight is 405 g/mol. The molecule has 0 aromatic rings. The van der Waals surface area contributed by atoms with E-state index in [4.69, 9.17) is 6.15 Å². The molecule has 0 aliphatic carbocycles. The molecule has 0 N–H and O–H groups in total. The first-order valence-electron chi connectivity index (χ1n) is 8.26. The zero-order valence-electron chi connectivity index (χ0n) is 13.9. The summed E-state index contributed by atoms with van der Waals surface area (Å²) in [7, 11) is 0. The summed E-state index contributed by atoms with van der Waals surface area (Å²) in [6.45, 7) is 8.21. The van der Waals surface area contributed by atoms with Crippen LogP contribution in [0.1, 0.15) is 79.1 Å². The number of rotatable bonds is 12. The molecule has 5 heteroatoms. The third kappa shape index (κ3) is 9.38. The van der Waals surface area contributed by atoms with Crippen LogP contribution in [0.4, 0.5) is 0 Å². The maximum absolute atomic E-state index is 11.9. The Morgan fingerprint density at radius 2 is 1.19 bits per heavy atom. The third-order valence-corrected chi connectivity index (χ3v) is 5.37. The molecule has 0 aromatic heterocycles. The van der Waals surface area contributed by atoms with Crippen LogP contribution in [0.5, 0.6) is 0 Å². The van der Waals surface area contributed by atoms with Crippen molar-refractivity contribution in [3.8, 4) is 0 Å². The van der Waals surface area contributed by atoms with Gasteiger partial charge in [0.05, 0.1) is 0 Å². The molecule has 4 nitrogen and oxygen atoms in total. The topological polar surface area (TPSA) is 52.6 Å². The van der Waals surface area contributed by atoms with Gasteiger partial charge in [-0.2, -0.15) is 0 Å². The summed E-state index contributed by atoms with van der Waals surface area (Å²) in [4.78, 5) is 23.8. The van der Waals surface area contributed by atoms with Gasteiger partial charge in [-0.1, -0.05) is 0 Å². The fourth-order valence-electron chi connectivity index (χ4n) is 2.15. The van der Waals surface area contributed by atoms with E-state index in [9.17, 15) is 9.59 Å². The van der Waals surface area contributed by atoms with Crippen LogP contribution in [-0.2, 0) is 15.7 Å². The van der Waals surface area contributed by atoms with Crippen LogP contribution in [-0.4, -0.2) is 33.9 Å². The summed E-state index contributed by atoms with van der Waals surface area (Å²) in [6, 6.07) is 0. The van der Waals surface area contributed by atoms with Crippen molar-refractivity contribution in [3.63, 3.8) is 0 Å². The molecule has 0 amide bonds. The number of hydrogen-bond acceptors (Lipinski definition) is 4. The van der Waals surface area contributed by atoms with Gasteiger partial charge in [-0.3, -0.25) is 0 Å². The standard InChI is InChI=1S/2C8H16O2.Sn/c2*1-3-5-6-7(4-2)8(9)10;/h2*7H,3-6H2,1-2H3,(H,9,10);/q;;+2/p-2/t2*7-;/m00./s1. The van der Waals surface area contributed by atoms with E-state index in [-0.39, 0.29) is 23.8 Å².